The summed E-state index contributed by atoms with van der Waals surface area (Å²) in [5, 5.41) is 10.4. The molecule has 0 atom stereocenters. The molecule has 3 N–H and O–H groups in total. The van der Waals surface area contributed by atoms with E-state index in [1.165, 1.54) is 17.4 Å². The predicted molar refractivity (Wildman–Crippen MR) is 122 cm³/mol. The molecule has 0 fully saturated rings. The Balaban J connectivity index is 1.73. The molecule has 0 aliphatic carbocycles. The van der Waals surface area contributed by atoms with Gasteiger partial charge in [0.15, 0.2) is 0 Å². The number of benzene rings is 2. The third-order valence-corrected chi connectivity index (χ3v) is 5.33. The second kappa shape index (κ2) is 9.56. The van der Waals surface area contributed by atoms with E-state index in [-0.39, 0.29) is 23.6 Å². The van der Waals surface area contributed by atoms with Gasteiger partial charge in [0.05, 0.1) is 15.6 Å². The lowest BCUT2D eigenvalue weighted by atomic mass is 10.1. The van der Waals surface area contributed by atoms with E-state index in [1.807, 2.05) is 0 Å². The van der Waals surface area contributed by atoms with Crippen LogP contribution in [0.25, 0.3) is 0 Å². The molecule has 154 valence electrons. The highest BCUT2D eigenvalue weighted by Gasteiger charge is 2.14. The van der Waals surface area contributed by atoms with Crippen LogP contribution < -0.4 is 16.0 Å². The highest BCUT2D eigenvalue weighted by Crippen LogP contribution is 2.25. The molecule has 30 heavy (non-hydrogen) atoms. The highest BCUT2D eigenvalue weighted by atomic mass is 35.5. The van der Waals surface area contributed by atoms with Crippen LogP contribution in [0.15, 0.2) is 60.0 Å². The van der Waals surface area contributed by atoms with Crippen molar-refractivity contribution < 1.29 is 14.4 Å². The van der Waals surface area contributed by atoms with Gasteiger partial charge < -0.3 is 16.0 Å². The number of nitrogens with one attached hydrogen (secondary N) is 3. The monoisotopic (exact) mass is 441 g/mol. The van der Waals surface area contributed by atoms with Crippen LogP contribution in [0, 0.1) is 5.92 Å². The van der Waals surface area contributed by atoms with E-state index in [1.54, 1.807) is 67.8 Å². The molecule has 0 saturated carbocycles. The molecule has 3 aromatic rings. The summed E-state index contributed by atoms with van der Waals surface area (Å²) in [5.74, 6) is -0.925. The number of amides is 3. The van der Waals surface area contributed by atoms with E-state index in [9.17, 15) is 14.4 Å². The largest absolute Gasteiger partial charge is 0.326 e. The van der Waals surface area contributed by atoms with Gasteiger partial charge in [-0.05, 0) is 47.8 Å². The maximum Gasteiger partial charge on any atom is 0.265 e. The number of hydrogen-bond donors (Lipinski definition) is 3. The molecule has 0 unspecified atom stereocenters. The molecule has 1 aromatic heterocycles. The van der Waals surface area contributed by atoms with Gasteiger partial charge in [-0.15, -0.1) is 11.3 Å². The van der Waals surface area contributed by atoms with E-state index >= 15 is 0 Å². The van der Waals surface area contributed by atoms with Crippen molar-refractivity contribution in [1.29, 1.82) is 0 Å². The molecule has 1 heterocycles. The van der Waals surface area contributed by atoms with Gasteiger partial charge in [-0.25, -0.2) is 0 Å². The summed E-state index contributed by atoms with van der Waals surface area (Å²) in [4.78, 5) is 37.4. The maximum atomic E-state index is 12.7. The van der Waals surface area contributed by atoms with Gasteiger partial charge in [-0.2, -0.15) is 0 Å². The molecule has 2 aromatic carbocycles. The van der Waals surface area contributed by atoms with Crippen molar-refractivity contribution in [2.45, 2.75) is 13.8 Å². The summed E-state index contributed by atoms with van der Waals surface area (Å²) in [6.07, 6.45) is 0. The molecule has 0 saturated heterocycles. The molecule has 3 rings (SSSR count). The second-order valence-corrected chi connectivity index (χ2v) is 8.16. The minimum atomic E-state index is -0.370. The van der Waals surface area contributed by atoms with Crippen LogP contribution >= 0.6 is 22.9 Å². The molecule has 8 heteroatoms. The lowest BCUT2D eigenvalue weighted by Crippen LogP contribution is -2.18. The van der Waals surface area contributed by atoms with E-state index in [0.717, 1.165) is 0 Å². The van der Waals surface area contributed by atoms with Gasteiger partial charge in [0.1, 0.15) is 0 Å². The van der Waals surface area contributed by atoms with Crippen LogP contribution in [0.5, 0.6) is 0 Å². The van der Waals surface area contributed by atoms with E-state index < -0.39 is 0 Å². The Bertz CT molecular complexity index is 1080. The van der Waals surface area contributed by atoms with Gasteiger partial charge in [0, 0.05) is 22.9 Å². The summed E-state index contributed by atoms with van der Waals surface area (Å²) in [7, 11) is 0. The summed E-state index contributed by atoms with van der Waals surface area (Å²) < 4.78 is 0. The zero-order valence-electron chi connectivity index (χ0n) is 16.4. The van der Waals surface area contributed by atoms with Gasteiger partial charge in [-0.1, -0.05) is 37.6 Å². The number of anilines is 3. The first-order valence-corrected chi connectivity index (χ1v) is 10.5. The third kappa shape index (κ3) is 5.46. The zero-order chi connectivity index (χ0) is 21.7. The second-order valence-electron chi connectivity index (χ2n) is 6.80. The van der Waals surface area contributed by atoms with Crippen molar-refractivity contribution in [3.63, 3.8) is 0 Å². The minimum Gasteiger partial charge on any atom is -0.326 e. The molecule has 0 aliphatic rings. The van der Waals surface area contributed by atoms with E-state index in [0.29, 0.717) is 32.5 Å². The topological polar surface area (TPSA) is 87.3 Å². The van der Waals surface area contributed by atoms with Crippen LogP contribution in [0.2, 0.25) is 5.02 Å². The first-order chi connectivity index (χ1) is 14.3. The molecular formula is C22H20ClN3O3S. The standard InChI is InChI=1S/C22H20ClN3O3S/c1-13(2)20(27)24-15-5-3-6-16(12-15)25-21(28)14-8-9-17(23)18(11-14)26-22(29)19-7-4-10-30-19/h3-13H,1-2H3,(H,24,27)(H,25,28)(H,26,29). The Kier molecular flexibility index (Phi) is 6.87. The van der Waals surface area contributed by atoms with E-state index in [4.69, 9.17) is 11.6 Å². The van der Waals surface area contributed by atoms with Gasteiger partial charge in [-0.3, -0.25) is 14.4 Å². The average molecular weight is 442 g/mol. The lowest BCUT2D eigenvalue weighted by Gasteiger charge is -2.11. The summed E-state index contributed by atoms with van der Waals surface area (Å²) in [6, 6.07) is 15.0. The molecule has 6 nitrogen and oxygen atoms in total. The molecule has 0 aliphatic heterocycles. The normalized spacial score (nSPS) is 10.5. The minimum absolute atomic E-state index is 0.109. The number of hydrogen-bond acceptors (Lipinski definition) is 4. The van der Waals surface area contributed by atoms with Crippen molar-refractivity contribution >= 4 is 57.7 Å². The van der Waals surface area contributed by atoms with Crippen molar-refractivity contribution in [1.82, 2.24) is 0 Å². The van der Waals surface area contributed by atoms with Crippen LogP contribution in [-0.4, -0.2) is 17.7 Å². The van der Waals surface area contributed by atoms with Crippen molar-refractivity contribution in [3.8, 4) is 0 Å². The smallest absolute Gasteiger partial charge is 0.265 e. The Labute approximate surface area is 183 Å². The maximum absolute atomic E-state index is 12.7. The fraction of sp³-hybridized carbons (Fsp3) is 0.136. The molecule has 0 radical (unpaired) electrons. The molecule has 0 bridgehead atoms. The SMILES string of the molecule is CC(C)C(=O)Nc1cccc(NC(=O)c2ccc(Cl)c(NC(=O)c3cccs3)c2)c1. The van der Waals surface area contributed by atoms with Crippen LogP contribution in [0.4, 0.5) is 17.1 Å². The Morgan fingerprint density at radius 2 is 1.60 bits per heavy atom. The third-order valence-electron chi connectivity index (χ3n) is 4.13. The van der Waals surface area contributed by atoms with Crippen LogP contribution in [-0.2, 0) is 4.79 Å². The zero-order valence-corrected chi connectivity index (χ0v) is 17.9. The van der Waals surface area contributed by atoms with Gasteiger partial charge in [0.25, 0.3) is 11.8 Å². The summed E-state index contributed by atoms with van der Waals surface area (Å²) >= 11 is 7.49. The summed E-state index contributed by atoms with van der Waals surface area (Å²) in [5.41, 5.74) is 1.80. The number of rotatable bonds is 6. The number of carbonyl (C=O) groups is 3. The van der Waals surface area contributed by atoms with Gasteiger partial charge in [0.2, 0.25) is 5.91 Å². The van der Waals surface area contributed by atoms with Crippen molar-refractivity contribution in [2.75, 3.05) is 16.0 Å². The fourth-order valence-corrected chi connectivity index (χ4v) is 3.30. The first-order valence-electron chi connectivity index (χ1n) is 9.20. The van der Waals surface area contributed by atoms with Crippen LogP contribution in [0.3, 0.4) is 0 Å². The Hall–Kier alpha value is -3.16. The molecule has 0 spiro atoms. The number of thiophene rings is 1. The Morgan fingerprint density at radius 3 is 2.27 bits per heavy atom. The first kappa shape index (κ1) is 21.5. The number of halogens is 1. The van der Waals surface area contributed by atoms with Crippen molar-refractivity contribution in [2.24, 2.45) is 5.92 Å². The Morgan fingerprint density at radius 1 is 0.867 bits per heavy atom. The quantitative estimate of drug-likeness (QED) is 0.472. The fourth-order valence-electron chi connectivity index (χ4n) is 2.52. The van der Waals surface area contributed by atoms with Crippen LogP contribution in [0.1, 0.15) is 33.9 Å². The molecule has 3 amide bonds. The van der Waals surface area contributed by atoms with Crippen molar-refractivity contribution in [3.05, 3.63) is 75.4 Å². The van der Waals surface area contributed by atoms with E-state index in [2.05, 4.69) is 16.0 Å². The predicted octanol–water partition coefficient (Wildman–Crippen LogP) is 5.50. The lowest BCUT2D eigenvalue weighted by molar-refractivity contribution is -0.118. The number of carbonyl (C=O) groups excluding carboxylic acids is 3. The van der Waals surface area contributed by atoms with Gasteiger partial charge >= 0.3 is 0 Å². The highest BCUT2D eigenvalue weighted by molar-refractivity contribution is 7.12. The molecular weight excluding hydrogens is 422 g/mol. The average Bonchev–Trinajstić information content (AvgIpc) is 3.24. The summed E-state index contributed by atoms with van der Waals surface area (Å²) in [6.45, 7) is 3.60.